The molecule has 52 valence electrons. The van der Waals surface area contributed by atoms with Crippen molar-refractivity contribution in [2.24, 2.45) is 5.92 Å². The number of nitrogens with one attached hydrogen (secondary N) is 1. The summed E-state index contributed by atoms with van der Waals surface area (Å²) in [5.41, 5.74) is 0. The van der Waals surface area contributed by atoms with E-state index in [2.05, 4.69) is 12.2 Å². The fourth-order valence-corrected chi connectivity index (χ4v) is 1.40. The molecule has 0 aliphatic carbocycles. The molecular weight excluding hydrogens is 114 g/mol. The van der Waals surface area contributed by atoms with Gasteiger partial charge in [0.1, 0.15) is 0 Å². The van der Waals surface area contributed by atoms with E-state index in [0.717, 1.165) is 6.42 Å². The summed E-state index contributed by atoms with van der Waals surface area (Å²) in [6, 6.07) is 0.390. The number of hydrogen-bond acceptors (Lipinski definition) is 1. The first-order valence-electron chi connectivity index (χ1n) is 3.48. The Morgan fingerprint density at radius 3 is 2.67 bits per heavy atom. The van der Waals surface area contributed by atoms with Gasteiger partial charge in [0.25, 0.3) is 0 Å². The fourth-order valence-electron chi connectivity index (χ4n) is 1.40. The van der Waals surface area contributed by atoms with Crippen molar-refractivity contribution in [2.75, 3.05) is 0 Å². The van der Waals surface area contributed by atoms with E-state index in [1.54, 1.807) is 0 Å². The van der Waals surface area contributed by atoms with Crippen molar-refractivity contribution in [3.8, 4) is 0 Å². The second-order valence-corrected chi connectivity index (χ2v) is 3.01. The van der Waals surface area contributed by atoms with Crippen molar-refractivity contribution in [2.45, 2.75) is 32.7 Å². The van der Waals surface area contributed by atoms with Crippen molar-refractivity contribution in [3.63, 3.8) is 0 Å². The van der Waals surface area contributed by atoms with Crippen molar-refractivity contribution in [3.05, 3.63) is 0 Å². The Hall–Kier alpha value is -0.530. The van der Waals surface area contributed by atoms with Crippen LogP contribution in [0.5, 0.6) is 0 Å². The molecule has 0 aromatic heterocycles. The lowest BCUT2D eigenvalue weighted by atomic mass is 9.95. The molecular formula is C7H13NO. The minimum atomic E-state index is 0.209. The molecule has 1 saturated heterocycles. The number of hydrogen-bond donors (Lipinski definition) is 1. The summed E-state index contributed by atoms with van der Waals surface area (Å²) >= 11 is 0. The Morgan fingerprint density at radius 1 is 1.56 bits per heavy atom. The lowest BCUT2D eigenvalue weighted by Gasteiger charge is -2.24. The van der Waals surface area contributed by atoms with Crippen molar-refractivity contribution < 1.29 is 4.79 Å². The van der Waals surface area contributed by atoms with Gasteiger partial charge in [-0.05, 0) is 19.3 Å². The second kappa shape index (κ2) is 2.38. The Bertz CT molecular complexity index is 110. The molecule has 1 heterocycles. The van der Waals surface area contributed by atoms with Gasteiger partial charge in [0.05, 0.1) is 0 Å². The van der Waals surface area contributed by atoms with E-state index in [0.29, 0.717) is 18.4 Å². The number of rotatable bonds is 0. The average molecular weight is 127 g/mol. The van der Waals surface area contributed by atoms with E-state index in [4.69, 9.17) is 0 Å². The fraction of sp³-hybridized carbons (Fsp3) is 0.857. The van der Waals surface area contributed by atoms with Crippen molar-refractivity contribution in [1.29, 1.82) is 0 Å². The standard InChI is InChI=1S/C7H13NO/c1-5-3-6(2)8-7(9)4-5/h5-6H,3-4H2,1-2H3,(H,8,9)/t5-,6+/m0/s1. The summed E-state index contributed by atoms with van der Waals surface area (Å²) in [7, 11) is 0. The summed E-state index contributed by atoms with van der Waals surface area (Å²) in [5, 5.41) is 2.87. The quantitative estimate of drug-likeness (QED) is 0.515. The first-order valence-corrected chi connectivity index (χ1v) is 3.48. The number of piperidine rings is 1. The van der Waals surface area contributed by atoms with Crippen LogP contribution in [0, 0.1) is 5.92 Å². The van der Waals surface area contributed by atoms with Gasteiger partial charge in [-0.2, -0.15) is 0 Å². The molecule has 0 unspecified atom stereocenters. The van der Waals surface area contributed by atoms with Gasteiger partial charge < -0.3 is 5.32 Å². The molecule has 0 aromatic carbocycles. The van der Waals surface area contributed by atoms with E-state index in [1.807, 2.05) is 6.92 Å². The van der Waals surface area contributed by atoms with Crippen LogP contribution in [0.4, 0.5) is 0 Å². The summed E-state index contributed by atoms with van der Waals surface area (Å²) < 4.78 is 0. The molecule has 0 bridgehead atoms. The highest BCUT2D eigenvalue weighted by Gasteiger charge is 2.19. The predicted molar refractivity (Wildman–Crippen MR) is 36.0 cm³/mol. The molecule has 9 heavy (non-hydrogen) atoms. The molecule has 0 saturated carbocycles. The summed E-state index contributed by atoms with van der Waals surface area (Å²) in [6.45, 7) is 4.17. The Kier molecular flexibility index (Phi) is 1.74. The van der Waals surface area contributed by atoms with E-state index >= 15 is 0 Å². The minimum Gasteiger partial charge on any atom is -0.354 e. The van der Waals surface area contributed by atoms with Crippen molar-refractivity contribution >= 4 is 5.91 Å². The highest BCUT2D eigenvalue weighted by atomic mass is 16.1. The van der Waals surface area contributed by atoms with Gasteiger partial charge in [-0.1, -0.05) is 6.92 Å². The Labute approximate surface area is 55.6 Å². The largest absolute Gasteiger partial charge is 0.354 e. The molecule has 1 N–H and O–H groups in total. The van der Waals surface area contributed by atoms with Crippen LogP contribution in [0.1, 0.15) is 26.7 Å². The maximum absolute atomic E-state index is 10.8. The molecule has 2 heteroatoms. The molecule has 0 spiro atoms. The summed E-state index contributed by atoms with van der Waals surface area (Å²) in [5.74, 6) is 0.787. The molecule has 0 radical (unpaired) electrons. The lowest BCUT2D eigenvalue weighted by Crippen LogP contribution is -2.39. The zero-order chi connectivity index (χ0) is 6.85. The number of carbonyl (C=O) groups is 1. The van der Waals surface area contributed by atoms with Gasteiger partial charge in [-0.3, -0.25) is 4.79 Å². The topological polar surface area (TPSA) is 29.1 Å². The van der Waals surface area contributed by atoms with Crippen LogP contribution in [-0.4, -0.2) is 11.9 Å². The first-order chi connectivity index (χ1) is 4.18. The van der Waals surface area contributed by atoms with E-state index < -0.39 is 0 Å². The summed E-state index contributed by atoms with van der Waals surface area (Å²) in [4.78, 5) is 10.8. The molecule has 0 aromatic rings. The van der Waals surface area contributed by atoms with E-state index in [-0.39, 0.29) is 5.91 Å². The lowest BCUT2D eigenvalue weighted by molar-refractivity contribution is -0.124. The monoisotopic (exact) mass is 127 g/mol. The normalized spacial score (nSPS) is 36.0. The van der Waals surface area contributed by atoms with Gasteiger partial charge in [0.2, 0.25) is 5.91 Å². The van der Waals surface area contributed by atoms with Gasteiger partial charge in [0, 0.05) is 12.5 Å². The first kappa shape index (κ1) is 6.59. The van der Waals surface area contributed by atoms with Crippen LogP contribution in [0.15, 0.2) is 0 Å². The van der Waals surface area contributed by atoms with Crippen LogP contribution in [0.25, 0.3) is 0 Å². The van der Waals surface area contributed by atoms with Gasteiger partial charge >= 0.3 is 0 Å². The molecule has 2 nitrogen and oxygen atoms in total. The van der Waals surface area contributed by atoms with Crippen LogP contribution < -0.4 is 5.32 Å². The minimum absolute atomic E-state index is 0.209. The molecule has 1 amide bonds. The molecule has 1 fully saturated rings. The third-order valence-electron chi connectivity index (χ3n) is 1.70. The Morgan fingerprint density at radius 2 is 2.22 bits per heavy atom. The SMILES string of the molecule is C[C@@H]1CC(=O)N[C@H](C)C1. The van der Waals surface area contributed by atoms with Crippen LogP contribution in [0.3, 0.4) is 0 Å². The highest BCUT2D eigenvalue weighted by molar-refractivity contribution is 5.77. The van der Waals surface area contributed by atoms with Crippen LogP contribution in [0.2, 0.25) is 0 Å². The van der Waals surface area contributed by atoms with Crippen LogP contribution >= 0.6 is 0 Å². The zero-order valence-electron chi connectivity index (χ0n) is 5.98. The van der Waals surface area contributed by atoms with Crippen molar-refractivity contribution in [1.82, 2.24) is 5.32 Å². The van der Waals surface area contributed by atoms with E-state index in [1.165, 1.54) is 0 Å². The Balaban J connectivity index is 2.43. The van der Waals surface area contributed by atoms with Gasteiger partial charge in [-0.15, -0.1) is 0 Å². The van der Waals surface area contributed by atoms with Crippen LogP contribution in [-0.2, 0) is 4.79 Å². The maximum atomic E-state index is 10.8. The average Bonchev–Trinajstić information content (AvgIpc) is 1.59. The maximum Gasteiger partial charge on any atom is 0.220 e. The predicted octanol–water partition coefficient (Wildman–Crippen LogP) is 0.921. The molecule has 1 rings (SSSR count). The highest BCUT2D eigenvalue weighted by Crippen LogP contribution is 2.14. The van der Waals surface area contributed by atoms with Gasteiger partial charge in [-0.25, -0.2) is 0 Å². The van der Waals surface area contributed by atoms with Gasteiger partial charge in [0.15, 0.2) is 0 Å². The zero-order valence-corrected chi connectivity index (χ0v) is 5.98. The molecule has 1 aliphatic rings. The number of amides is 1. The van der Waals surface area contributed by atoms with E-state index in [9.17, 15) is 4.79 Å². The third kappa shape index (κ3) is 1.70. The molecule has 2 atom stereocenters. The third-order valence-corrected chi connectivity index (χ3v) is 1.70. The summed E-state index contributed by atoms with van der Waals surface area (Å²) in [6.07, 6.45) is 1.84. The smallest absolute Gasteiger partial charge is 0.220 e. The molecule has 1 aliphatic heterocycles. The second-order valence-electron chi connectivity index (χ2n) is 3.01. The number of carbonyl (C=O) groups excluding carboxylic acids is 1.